The van der Waals surface area contributed by atoms with Crippen molar-refractivity contribution >= 4 is 17.7 Å². The van der Waals surface area contributed by atoms with Gasteiger partial charge >= 0.3 is 0 Å². The first-order valence-electron chi connectivity index (χ1n) is 9.93. The number of benzene rings is 2. The zero-order valence-electron chi connectivity index (χ0n) is 17.4. The van der Waals surface area contributed by atoms with E-state index in [2.05, 4.69) is 5.32 Å². The molecule has 3 amide bonds. The fourth-order valence-electron chi connectivity index (χ4n) is 3.62. The smallest absolute Gasteiger partial charge is 0.261 e. The predicted octanol–water partition coefficient (Wildman–Crippen LogP) is 2.93. The van der Waals surface area contributed by atoms with Crippen LogP contribution >= 0.6 is 0 Å². The van der Waals surface area contributed by atoms with Gasteiger partial charge in [-0.25, -0.2) is 4.39 Å². The molecule has 1 atom stereocenters. The van der Waals surface area contributed by atoms with Gasteiger partial charge in [-0.1, -0.05) is 23.8 Å². The SMILES string of the molecule is Cc1ccc2c(c1)C(=O)N(CCCC(=O)NCC(c1cccc(F)c1)N(C)C)C2=O. The molecule has 2 aromatic carbocycles. The molecule has 30 heavy (non-hydrogen) atoms. The van der Waals surface area contributed by atoms with Crippen LogP contribution in [0.15, 0.2) is 42.5 Å². The van der Waals surface area contributed by atoms with Crippen LogP contribution in [0.1, 0.15) is 50.7 Å². The number of halogens is 1. The van der Waals surface area contributed by atoms with Crippen molar-refractivity contribution in [1.82, 2.24) is 15.1 Å². The molecule has 7 heteroatoms. The molecule has 6 nitrogen and oxygen atoms in total. The Morgan fingerprint density at radius 2 is 1.83 bits per heavy atom. The van der Waals surface area contributed by atoms with Crippen molar-refractivity contribution in [3.05, 3.63) is 70.5 Å². The third-order valence-corrected chi connectivity index (χ3v) is 5.26. The van der Waals surface area contributed by atoms with Gasteiger partial charge in [-0.2, -0.15) is 0 Å². The van der Waals surface area contributed by atoms with Crippen LogP contribution in [0.4, 0.5) is 4.39 Å². The monoisotopic (exact) mass is 411 g/mol. The maximum absolute atomic E-state index is 13.5. The second-order valence-electron chi connectivity index (χ2n) is 7.75. The second-order valence-corrected chi connectivity index (χ2v) is 7.75. The molecule has 0 spiro atoms. The van der Waals surface area contributed by atoms with E-state index in [0.717, 1.165) is 11.1 Å². The number of likely N-dealkylation sites (N-methyl/N-ethyl adjacent to an activating group) is 1. The van der Waals surface area contributed by atoms with Crippen LogP contribution in [0.25, 0.3) is 0 Å². The van der Waals surface area contributed by atoms with Crippen LogP contribution in [0.5, 0.6) is 0 Å². The number of nitrogens with zero attached hydrogens (tertiary/aromatic N) is 2. The molecule has 1 heterocycles. The fourth-order valence-corrected chi connectivity index (χ4v) is 3.62. The molecule has 1 N–H and O–H groups in total. The number of amides is 3. The molecule has 0 bridgehead atoms. The summed E-state index contributed by atoms with van der Waals surface area (Å²) in [5.41, 5.74) is 2.54. The van der Waals surface area contributed by atoms with Gasteiger partial charge in [0.25, 0.3) is 11.8 Å². The number of hydrogen-bond donors (Lipinski definition) is 1. The van der Waals surface area contributed by atoms with Crippen molar-refractivity contribution in [2.75, 3.05) is 27.2 Å². The zero-order valence-corrected chi connectivity index (χ0v) is 17.4. The van der Waals surface area contributed by atoms with Crippen molar-refractivity contribution in [3.63, 3.8) is 0 Å². The largest absolute Gasteiger partial charge is 0.354 e. The van der Waals surface area contributed by atoms with Gasteiger partial charge < -0.3 is 10.2 Å². The number of carbonyl (C=O) groups excluding carboxylic acids is 3. The maximum atomic E-state index is 13.5. The summed E-state index contributed by atoms with van der Waals surface area (Å²) in [6, 6.07) is 11.3. The van der Waals surface area contributed by atoms with E-state index in [4.69, 9.17) is 0 Å². The van der Waals surface area contributed by atoms with Gasteiger partial charge in [-0.05, 0) is 57.3 Å². The minimum atomic E-state index is -0.318. The average molecular weight is 411 g/mol. The number of nitrogens with one attached hydrogen (secondary N) is 1. The predicted molar refractivity (Wildman–Crippen MR) is 112 cm³/mol. The van der Waals surface area contributed by atoms with Gasteiger partial charge in [-0.3, -0.25) is 19.3 Å². The van der Waals surface area contributed by atoms with Gasteiger partial charge in [-0.15, -0.1) is 0 Å². The van der Waals surface area contributed by atoms with Crippen molar-refractivity contribution in [3.8, 4) is 0 Å². The fraction of sp³-hybridized carbons (Fsp3) is 0.348. The maximum Gasteiger partial charge on any atom is 0.261 e. The third-order valence-electron chi connectivity index (χ3n) is 5.26. The Morgan fingerprint density at radius 1 is 1.10 bits per heavy atom. The molecule has 1 aliphatic heterocycles. The number of fused-ring (bicyclic) bond motifs is 1. The number of imide groups is 1. The summed E-state index contributed by atoms with van der Waals surface area (Å²) in [6.45, 7) is 2.40. The average Bonchev–Trinajstić information content (AvgIpc) is 2.92. The normalized spacial score (nSPS) is 14.2. The van der Waals surface area contributed by atoms with Crippen molar-refractivity contribution in [2.45, 2.75) is 25.8 Å². The van der Waals surface area contributed by atoms with Gasteiger partial charge in [0.05, 0.1) is 17.2 Å². The van der Waals surface area contributed by atoms with Gasteiger partial charge in [0.2, 0.25) is 5.91 Å². The first kappa shape index (κ1) is 21.6. The highest BCUT2D eigenvalue weighted by Crippen LogP contribution is 2.24. The van der Waals surface area contributed by atoms with Crippen molar-refractivity contribution in [1.29, 1.82) is 0 Å². The minimum absolute atomic E-state index is 0.163. The molecule has 1 aliphatic rings. The third kappa shape index (κ3) is 4.74. The van der Waals surface area contributed by atoms with E-state index in [-0.39, 0.29) is 42.5 Å². The number of rotatable bonds is 8. The van der Waals surface area contributed by atoms with E-state index in [1.807, 2.05) is 32.0 Å². The first-order chi connectivity index (χ1) is 14.3. The summed E-state index contributed by atoms with van der Waals surface area (Å²) in [6.07, 6.45) is 0.568. The lowest BCUT2D eigenvalue weighted by atomic mass is 10.1. The molecule has 0 aliphatic carbocycles. The van der Waals surface area contributed by atoms with E-state index in [1.165, 1.54) is 17.0 Å². The lowest BCUT2D eigenvalue weighted by molar-refractivity contribution is -0.121. The van der Waals surface area contributed by atoms with Crippen LogP contribution in [0.3, 0.4) is 0 Å². The second kappa shape index (κ2) is 9.17. The first-order valence-corrected chi connectivity index (χ1v) is 9.93. The van der Waals surface area contributed by atoms with Crippen molar-refractivity contribution in [2.24, 2.45) is 0 Å². The number of aryl methyl sites for hydroxylation is 1. The minimum Gasteiger partial charge on any atom is -0.354 e. The van der Waals surface area contributed by atoms with Crippen molar-refractivity contribution < 1.29 is 18.8 Å². The van der Waals surface area contributed by atoms with E-state index in [0.29, 0.717) is 24.1 Å². The lowest BCUT2D eigenvalue weighted by Gasteiger charge is -2.25. The highest BCUT2D eigenvalue weighted by Gasteiger charge is 2.34. The highest BCUT2D eigenvalue weighted by atomic mass is 19.1. The molecule has 0 radical (unpaired) electrons. The summed E-state index contributed by atoms with van der Waals surface area (Å²) >= 11 is 0. The summed E-state index contributed by atoms with van der Waals surface area (Å²) in [4.78, 5) is 40.3. The Kier molecular flexibility index (Phi) is 6.62. The number of carbonyl (C=O) groups is 3. The Hall–Kier alpha value is -3.06. The summed E-state index contributed by atoms with van der Waals surface area (Å²) < 4.78 is 13.5. The molecule has 158 valence electrons. The molecule has 3 rings (SSSR count). The lowest BCUT2D eigenvalue weighted by Crippen LogP contribution is -2.35. The van der Waals surface area contributed by atoms with E-state index in [9.17, 15) is 18.8 Å². The number of hydrogen-bond acceptors (Lipinski definition) is 4. The summed E-state index contributed by atoms with van der Waals surface area (Å²) in [5.74, 6) is -1.11. The quantitative estimate of drug-likeness (QED) is 0.678. The molecule has 1 unspecified atom stereocenters. The van der Waals surface area contributed by atoms with Gasteiger partial charge in [0, 0.05) is 19.5 Å². The molecular formula is C23H26FN3O3. The Labute approximate surface area is 175 Å². The molecule has 0 aromatic heterocycles. The van der Waals surface area contributed by atoms with E-state index in [1.54, 1.807) is 24.3 Å². The molecule has 0 fully saturated rings. The van der Waals surface area contributed by atoms with Gasteiger partial charge in [0.1, 0.15) is 5.82 Å². The van der Waals surface area contributed by atoms with E-state index < -0.39 is 0 Å². The molecular weight excluding hydrogens is 385 g/mol. The Bertz CT molecular complexity index is 974. The molecule has 0 saturated heterocycles. The van der Waals surface area contributed by atoms with E-state index >= 15 is 0 Å². The highest BCUT2D eigenvalue weighted by molar-refractivity contribution is 6.21. The molecule has 2 aromatic rings. The Morgan fingerprint density at radius 3 is 2.53 bits per heavy atom. The van der Waals surface area contributed by atoms with Crippen LogP contribution in [0.2, 0.25) is 0 Å². The van der Waals surface area contributed by atoms with Crippen LogP contribution in [0, 0.1) is 12.7 Å². The van der Waals surface area contributed by atoms with Crippen LogP contribution < -0.4 is 5.32 Å². The zero-order chi connectivity index (χ0) is 21.8. The van der Waals surface area contributed by atoms with Crippen LogP contribution in [-0.4, -0.2) is 54.7 Å². The van der Waals surface area contributed by atoms with Crippen LogP contribution in [-0.2, 0) is 4.79 Å². The summed E-state index contributed by atoms with van der Waals surface area (Å²) in [5, 5.41) is 2.86. The van der Waals surface area contributed by atoms with Gasteiger partial charge in [0.15, 0.2) is 0 Å². The molecule has 0 saturated carbocycles. The standard InChI is InChI=1S/C23H26FN3O3/c1-15-9-10-18-19(12-15)23(30)27(22(18)29)11-5-8-21(28)25-14-20(26(2)3)16-6-4-7-17(24)13-16/h4,6-7,9-10,12-13,20H,5,8,11,14H2,1-3H3,(H,25,28). The Balaban J connectivity index is 1.50. The topological polar surface area (TPSA) is 69.7 Å². The summed E-state index contributed by atoms with van der Waals surface area (Å²) in [7, 11) is 3.73.